The fraction of sp³-hybridized carbons (Fsp3) is 1.00. The molecule has 1 fully saturated rings. The number of hydrogen-bond acceptors (Lipinski definition) is 3. The van der Waals surface area contributed by atoms with Gasteiger partial charge in [0.25, 0.3) is 0 Å². The van der Waals surface area contributed by atoms with Gasteiger partial charge in [-0.05, 0) is 12.8 Å². The molecule has 0 amide bonds. The molecule has 2 unspecified atom stereocenters. The summed E-state index contributed by atoms with van der Waals surface area (Å²) in [5, 5.41) is 10.4. The zero-order valence-corrected chi connectivity index (χ0v) is 10.0. The molecule has 0 aromatic heterocycles. The topological polar surface area (TPSA) is 55.5 Å². The van der Waals surface area contributed by atoms with Crippen molar-refractivity contribution in [1.29, 1.82) is 0 Å². The fourth-order valence-electron chi connectivity index (χ4n) is 2.83. The van der Waals surface area contributed by atoms with E-state index in [1.807, 2.05) is 6.92 Å². The summed E-state index contributed by atoms with van der Waals surface area (Å²) in [6.07, 6.45) is 5.51. The van der Waals surface area contributed by atoms with Crippen molar-refractivity contribution in [3.05, 3.63) is 0 Å². The summed E-state index contributed by atoms with van der Waals surface area (Å²) >= 11 is 0. The van der Waals surface area contributed by atoms with Crippen molar-refractivity contribution in [2.45, 2.75) is 45.1 Å². The van der Waals surface area contributed by atoms with E-state index >= 15 is 0 Å². The quantitative estimate of drug-likeness (QED) is 0.731. The second-order valence-corrected chi connectivity index (χ2v) is 5.00. The van der Waals surface area contributed by atoms with Gasteiger partial charge in [0, 0.05) is 25.0 Å². The van der Waals surface area contributed by atoms with E-state index < -0.39 is 0 Å². The van der Waals surface area contributed by atoms with Gasteiger partial charge in [-0.3, -0.25) is 0 Å². The fourth-order valence-corrected chi connectivity index (χ4v) is 2.83. The highest BCUT2D eigenvalue weighted by molar-refractivity contribution is 4.92. The average molecular weight is 215 g/mol. The molecule has 1 aliphatic rings. The molecule has 15 heavy (non-hydrogen) atoms. The molecule has 0 heterocycles. The highest BCUT2D eigenvalue weighted by Gasteiger charge is 2.40. The van der Waals surface area contributed by atoms with Gasteiger partial charge in [-0.1, -0.05) is 26.2 Å². The van der Waals surface area contributed by atoms with E-state index in [2.05, 4.69) is 0 Å². The van der Waals surface area contributed by atoms with E-state index in [0.717, 1.165) is 12.8 Å². The lowest BCUT2D eigenvalue weighted by atomic mass is 9.67. The van der Waals surface area contributed by atoms with Crippen LogP contribution in [-0.2, 0) is 4.74 Å². The molecule has 3 N–H and O–H groups in total. The minimum Gasteiger partial charge on any atom is -0.392 e. The molecule has 0 aromatic rings. The summed E-state index contributed by atoms with van der Waals surface area (Å²) in [5.41, 5.74) is 5.83. The monoisotopic (exact) mass is 215 g/mol. The van der Waals surface area contributed by atoms with Crippen LogP contribution < -0.4 is 5.73 Å². The third kappa shape index (κ3) is 2.92. The molecule has 3 nitrogen and oxygen atoms in total. The minimum absolute atomic E-state index is 0.0454. The Kier molecular flexibility index (Phi) is 5.03. The van der Waals surface area contributed by atoms with Gasteiger partial charge in [-0.15, -0.1) is 0 Å². The van der Waals surface area contributed by atoms with Crippen LogP contribution in [-0.4, -0.2) is 31.5 Å². The van der Waals surface area contributed by atoms with Crippen molar-refractivity contribution in [1.82, 2.24) is 0 Å². The maximum Gasteiger partial charge on any atom is 0.0655 e. The lowest BCUT2D eigenvalue weighted by Crippen LogP contribution is -2.47. The molecular formula is C12H25NO2. The predicted molar refractivity (Wildman–Crippen MR) is 61.6 cm³/mol. The van der Waals surface area contributed by atoms with E-state index in [1.54, 1.807) is 7.11 Å². The maximum absolute atomic E-state index is 10.4. The Morgan fingerprint density at radius 2 is 1.93 bits per heavy atom. The van der Waals surface area contributed by atoms with Crippen LogP contribution in [0.25, 0.3) is 0 Å². The third-order valence-corrected chi connectivity index (χ3v) is 3.85. The smallest absolute Gasteiger partial charge is 0.0655 e. The highest BCUT2D eigenvalue weighted by Crippen LogP contribution is 2.40. The van der Waals surface area contributed by atoms with Crippen LogP contribution >= 0.6 is 0 Å². The van der Waals surface area contributed by atoms with E-state index in [9.17, 15) is 5.11 Å². The molecule has 2 atom stereocenters. The third-order valence-electron chi connectivity index (χ3n) is 3.85. The van der Waals surface area contributed by atoms with Crippen molar-refractivity contribution in [3.8, 4) is 0 Å². The minimum atomic E-state index is -0.317. The number of ether oxygens (including phenoxy) is 1. The molecule has 1 rings (SSSR count). The van der Waals surface area contributed by atoms with Crippen molar-refractivity contribution < 1.29 is 9.84 Å². The number of aliphatic hydroxyl groups excluding tert-OH is 1. The van der Waals surface area contributed by atoms with Crippen LogP contribution in [0.3, 0.4) is 0 Å². The first-order chi connectivity index (χ1) is 7.16. The van der Waals surface area contributed by atoms with E-state index in [4.69, 9.17) is 10.5 Å². The second kappa shape index (κ2) is 5.83. The number of rotatable bonds is 5. The molecule has 0 aliphatic heterocycles. The standard InChI is InChI=1S/C12H25NO2/c1-10(8-15-2)11(14)12(9-13)6-4-3-5-7-12/h10-11,14H,3-9,13H2,1-2H3. The molecule has 0 saturated heterocycles. The first-order valence-corrected chi connectivity index (χ1v) is 6.03. The Balaban J connectivity index is 2.62. The zero-order chi connectivity index (χ0) is 11.3. The largest absolute Gasteiger partial charge is 0.392 e. The highest BCUT2D eigenvalue weighted by atomic mass is 16.5. The van der Waals surface area contributed by atoms with Gasteiger partial charge in [-0.2, -0.15) is 0 Å². The molecule has 1 aliphatic carbocycles. The summed E-state index contributed by atoms with van der Waals surface area (Å²) < 4.78 is 5.10. The summed E-state index contributed by atoms with van der Waals surface area (Å²) in [7, 11) is 1.68. The van der Waals surface area contributed by atoms with Gasteiger partial charge in [0.2, 0.25) is 0 Å². The van der Waals surface area contributed by atoms with Gasteiger partial charge in [0.05, 0.1) is 12.7 Å². The van der Waals surface area contributed by atoms with Crippen molar-refractivity contribution in [3.63, 3.8) is 0 Å². The summed E-state index contributed by atoms with van der Waals surface area (Å²) in [6, 6.07) is 0. The van der Waals surface area contributed by atoms with E-state index in [0.29, 0.717) is 13.2 Å². The molecule has 90 valence electrons. The van der Waals surface area contributed by atoms with E-state index in [1.165, 1.54) is 19.3 Å². The Morgan fingerprint density at radius 1 is 1.33 bits per heavy atom. The maximum atomic E-state index is 10.4. The van der Waals surface area contributed by atoms with Crippen LogP contribution in [0.5, 0.6) is 0 Å². The molecule has 0 radical (unpaired) electrons. The SMILES string of the molecule is COCC(C)C(O)C1(CN)CCCCC1. The van der Waals surface area contributed by atoms with Crippen molar-refractivity contribution in [2.75, 3.05) is 20.3 Å². The van der Waals surface area contributed by atoms with Crippen LogP contribution in [0.2, 0.25) is 0 Å². The lowest BCUT2D eigenvalue weighted by molar-refractivity contribution is -0.0506. The Hall–Kier alpha value is -0.120. The average Bonchev–Trinajstić information content (AvgIpc) is 2.29. The van der Waals surface area contributed by atoms with Crippen LogP contribution in [0.4, 0.5) is 0 Å². The first kappa shape index (κ1) is 12.9. The summed E-state index contributed by atoms with van der Waals surface area (Å²) in [5.74, 6) is 0.177. The van der Waals surface area contributed by atoms with Crippen molar-refractivity contribution in [2.24, 2.45) is 17.1 Å². The molecule has 1 saturated carbocycles. The Bertz CT molecular complexity index is 178. The molecular weight excluding hydrogens is 190 g/mol. The number of aliphatic hydroxyl groups is 1. The molecule has 0 spiro atoms. The molecule has 0 aromatic carbocycles. The number of methoxy groups -OCH3 is 1. The van der Waals surface area contributed by atoms with E-state index in [-0.39, 0.29) is 17.4 Å². The van der Waals surface area contributed by atoms with Gasteiger partial charge in [0.1, 0.15) is 0 Å². The first-order valence-electron chi connectivity index (χ1n) is 6.03. The molecule has 3 heteroatoms. The zero-order valence-electron chi connectivity index (χ0n) is 10.0. The summed E-state index contributed by atoms with van der Waals surface area (Å²) in [4.78, 5) is 0. The van der Waals surface area contributed by atoms with Gasteiger partial charge >= 0.3 is 0 Å². The Labute approximate surface area is 93.0 Å². The van der Waals surface area contributed by atoms with Crippen molar-refractivity contribution >= 4 is 0 Å². The lowest BCUT2D eigenvalue weighted by Gasteiger charge is -2.42. The van der Waals surface area contributed by atoms with Crippen LogP contribution in [0.15, 0.2) is 0 Å². The summed E-state index contributed by atoms with van der Waals surface area (Å²) in [6.45, 7) is 3.26. The van der Waals surface area contributed by atoms with Crippen LogP contribution in [0, 0.1) is 11.3 Å². The van der Waals surface area contributed by atoms with Gasteiger partial charge < -0.3 is 15.6 Å². The molecule has 0 bridgehead atoms. The number of hydrogen-bond donors (Lipinski definition) is 2. The van der Waals surface area contributed by atoms with Gasteiger partial charge in [-0.25, -0.2) is 0 Å². The number of nitrogens with two attached hydrogens (primary N) is 1. The van der Waals surface area contributed by atoms with Gasteiger partial charge in [0.15, 0.2) is 0 Å². The van der Waals surface area contributed by atoms with Crippen LogP contribution in [0.1, 0.15) is 39.0 Å². The normalized spacial score (nSPS) is 24.8. The second-order valence-electron chi connectivity index (χ2n) is 5.00. The Morgan fingerprint density at radius 3 is 2.40 bits per heavy atom. The predicted octanol–water partition coefficient (Wildman–Crippen LogP) is 1.54.